The van der Waals surface area contributed by atoms with Gasteiger partial charge in [-0.15, -0.1) is 11.3 Å². The number of thiazole rings is 1. The van der Waals surface area contributed by atoms with Crippen molar-refractivity contribution in [2.45, 2.75) is 6.04 Å². The predicted octanol–water partition coefficient (Wildman–Crippen LogP) is 3.26. The molecule has 1 aliphatic heterocycles. The minimum absolute atomic E-state index is 0.0644. The number of nitrogens with one attached hydrogen (secondary N) is 1. The molecule has 1 aromatic carbocycles. The van der Waals surface area contributed by atoms with Crippen molar-refractivity contribution in [1.82, 2.24) is 15.2 Å². The number of rotatable bonds is 3. The molecule has 3 atom stereocenters. The molecule has 5 nitrogen and oxygen atoms in total. The number of carbonyl (C=O) groups is 1. The molecule has 0 spiro atoms. The third-order valence-electron chi connectivity index (χ3n) is 4.60. The summed E-state index contributed by atoms with van der Waals surface area (Å²) < 4.78 is 0. The lowest BCUT2D eigenvalue weighted by Crippen LogP contribution is -2.34. The SMILES string of the molecule is N#CN[C@H]1[C@@H]2CN(C(=O)c3csc(-c4ccc(Cl)cc4Cl)n3)C[C@@H]21. The Morgan fingerprint density at radius 1 is 1.38 bits per heavy atom. The van der Waals surface area contributed by atoms with Gasteiger partial charge in [-0.25, -0.2) is 4.98 Å². The van der Waals surface area contributed by atoms with Crippen molar-refractivity contribution in [2.24, 2.45) is 11.8 Å². The molecule has 1 saturated carbocycles. The van der Waals surface area contributed by atoms with E-state index in [0.717, 1.165) is 5.56 Å². The number of piperidine rings is 1. The Morgan fingerprint density at radius 2 is 2.12 bits per heavy atom. The van der Waals surface area contributed by atoms with E-state index in [1.54, 1.807) is 23.6 Å². The minimum Gasteiger partial charge on any atom is -0.337 e. The lowest BCUT2D eigenvalue weighted by molar-refractivity contribution is 0.0767. The van der Waals surface area contributed by atoms with Crippen molar-refractivity contribution in [3.63, 3.8) is 0 Å². The monoisotopic (exact) mass is 378 g/mol. The van der Waals surface area contributed by atoms with E-state index in [-0.39, 0.29) is 11.9 Å². The van der Waals surface area contributed by atoms with Gasteiger partial charge < -0.3 is 10.2 Å². The Kier molecular flexibility index (Phi) is 3.87. The molecule has 1 saturated heterocycles. The molecule has 122 valence electrons. The van der Waals surface area contributed by atoms with Crippen LogP contribution in [-0.2, 0) is 0 Å². The summed E-state index contributed by atoms with van der Waals surface area (Å²) in [4.78, 5) is 18.8. The van der Waals surface area contributed by atoms with Gasteiger partial charge in [0.15, 0.2) is 6.19 Å². The van der Waals surface area contributed by atoms with Gasteiger partial charge in [-0.3, -0.25) is 4.79 Å². The predicted molar refractivity (Wildman–Crippen MR) is 93.0 cm³/mol. The number of likely N-dealkylation sites (tertiary alicyclic amines) is 1. The molecule has 1 aliphatic carbocycles. The lowest BCUT2D eigenvalue weighted by Gasteiger charge is -2.18. The first kappa shape index (κ1) is 15.7. The minimum atomic E-state index is -0.0644. The van der Waals surface area contributed by atoms with Gasteiger partial charge in [0.2, 0.25) is 0 Å². The fraction of sp³-hybridized carbons (Fsp3) is 0.312. The van der Waals surface area contributed by atoms with Crippen LogP contribution in [0.25, 0.3) is 10.6 Å². The zero-order valence-electron chi connectivity index (χ0n) is 12.4. The molecule has 1 amide bonds. The topological polar surface area (TPSA) is 69.0 Å². The molecule has 1 aromatic heterocycles. The Hall–Kier alpha value is -1.81. The number of nitrogens with zero attached hydrogens (tertiary/aromatic N) is 3. The van der Waals surface area contributed by atoms with Gasteiger partial charge in [-0.05, 0) is 18.2 Å². The van der Waals surface area contributed by atoms with E-state index in [1.807, 2.05) is 11.1 Å². The Labute approximate surface area is 152 Å². The highest BCUT2D eigenvalue weighted by molar-refractivity contribution is 7.13. The van der Waals surface area contributed by atoms with Crippen molar-refractivity contribution >= 4 is 40.4 Å². The number of fused-ring (bicyclic) bond motifs is 1. The maximum Gasteiger partial charge on any atom is 0.273 e. The van der Waals surface area contributed by atoms with E-state index in [0.29, 0.717) is 45.7 Å². The van der Waals surface area contributed by atoms with Gasteiger partial charge >= 0.3 is 0 Å². The average Bonchev–Trinajstić information content (AvgIpc) is 2.98. The molecule has 4 rings (SSSR count). The number of hydrogen-bond acceptors (Lipinski definition) is 5. The number of carbonyl (C=O) groups excluding carboxylic acids is 1. The van der Waals surface area contributed by atoms with Gasteiger partial charge in [-0.1, -0.05) is 23.2 Å². The van der Waals surface area contributed by atoms with Crippen LogP contribution in [0.15, 0.2) is 23.6 Å². The van der Waals surface area contributed by atoms with E-state index in [1.165, 1.54) is 11.3 Å². The molecule has 24 heavy (non-hydrogen) atoms. The number of halogens is 2. The quantitative estimate of drug-likeness (QED) is 0.657. The maximum atomic E-state index is 12.6. The van der Waals surface area contributed by atoms with Gasteiger partial charge in [0.05, 0.1) is 5.02 Å². The number of aromatic nitrogens is 1. The molecule has 8 heteroatoms. The summed E-state index contributed by atoms with van der Waals surface area (Å²) in [6, 6.07) is 5.46. The Balaban J connectivity index is 1.48. The van der Waals surface area contributed by atoms with Gasteiger partial charge in [0.25, 0.3) is 5.91 Å². The molecule has 2 fully saturated rings. The van der Waals surface area contributed by atoms with Crippen LogP contribution >= 0.6 is 34.5 Å². The summed E-state index contributed by atoms with van der Waals surface area (Å²) in [6.07, 6.45) is 1.98. The molecule has 0 unspecified atom stereocenters. The summed E-state index contributed by atoms with van der Waals surface area (Å²) >= 11 is 13.5. The normalized spacial score (nSPS) is 24.4. The fourth-order valence-corrected chi connectivity index (χ4v) is 4.69. The standard InChI is InChI=1S/C16H12Cl2N4OS/c17-8-1-2-9(12(18)3-8)15-21-13(6-24-15)16(23)22-4-10-11(5-22)14(10)20-7-19/h1-3,6,10-11,14,20H,4-5H2/t10-,11+,14+. The van der Waals surface area contributed by atoms with E-state index in [2.05, 4.69) is 10.3 Å². The third kappa shape index (κ3) is 2.63. The zero-order chi connectivity index (χ0) is 16.8. The number of hydrogen-bond donors (Lipinski definition) is 1. The van der Waals surface area contributed by atoms with Crippen LogP contribution < -0.4 is 5.32 Å². The Morgan fingerprint density at radius 3 is 2.79 bits per heavy atom. The number of benzene rings is 1. The van der Waals surface area contributed by atoms with Crippen LogP contribution in [0.5, 0.6) is 0 Å². The van der Waals surface area contributed by atoms with Crippen LogP contribution in [0.2, 0.25) is 10.0 Å². The van der Waals surface area contributed by atoms with Crippen LogP contribution in [0.4, 0.5) is 0 Å². The van der Waals surface area contributed by atoms with E-state index < -0.39 is 0 Å². The molecule has 2 aliphatic rings. The fourth-order valence-electron chi connectivity index (χ4n) is 3.30. The summed E-state index contributed by atoms with van der Waals surface area (Å²) in [5.74, 6) is 0.709. The highest BCUT2D eigenvalue weighted by Crippen LogP contribution is 2.45. The van der Waals surface area contributed by atoms with E-state index >= 15 is 0 Å². The van der Waals surface area contributed by atoms with Gasteiger partial charge in [0, 0.05) is 46.9 Å². The summed E-state index contributed by atoms with van der Waals surface area (Å²) in [6.45, 7) is 1.36. The number of amides is 1. The van der Waals surface area contributed by atoms with Gasteiger partial charge in [0.1, 0.15) is 10.7 Å². The lowest BCUT2D eigenvalue weighted by atomic mass is 10.2. The molecule has 2 heterocycles. The first-order chi connectivity index (χ1) is 11.6. The first-order valence-electron chi connectivity index (χ1n) is 7.43. The third-order valence-corrected chi connectivity index (χ3v) is 6.02. The highest BCUT2D eigenvalue weighted by atomic mass is 35.5. The van der Waals surface area contributed by atoms with Crippen LogP contribution in [-0.4, -0.2) is 34.9 Å². The van der Waals surface area contributed by atoms with Crippen LogP contribution in [0.1, 0.15) is 10.5 Å². The Bertz CT molecular complexity index is 850. The highest BCUT2D eigenvalue weighted by Gasteiger charge is 2.57. The van der Waals surface area contributed by atoms with Crippen molar-refractivity contribution in [2.75, 3.05) is 13.1 Å². The largest absolute Gasteiger partial charge is 0.337 e. The summed E-state index contributed by atoms with van der Waals surface area (Å²) in [5.41, 5.74) is 1.21. The molecule has 1 N–H and O–H groups in total. The van der Waals surface area contributed by atoms with Crippen LogP contribution in [0.3, 0.4) is 0 Å². The van der Waals surface area contributed by atoms with Crippen molar-refractivity contribution in [1.29, 1.82) is 5.26 Å². The summed E-state index contributed by atoms with van der Waals surface area (Å²) in [7, 11) is 0. The van der Waals surface area contributed by atoms with Crippen molar-refractivity contribution in [3.8, 4) is 16.8 Å². The zero-order valence-corrected chi connectivity index (χ0v) is 14.7. The van der Waals surface area contributed by atoms with E-state index in [4.69, 9.17) is 28.5 Å². The second-order valence-electron chi connectivity index (χ2n) is 5.98. The molecule has 0 bridgehead atoms. The second kappa shape index (κ2) is 5.92. The molecule has 2 aromatic rings. The van der Waals surface area contributed by atoms with Gasteiger partial charge in [-0.2, -0.15) is 5.26 Å². The molecular weight excluding hydrogens is 367 g/mol. The number of nitriles is 1. The van der Waals surface area contributed by atoms with Crippen LogP contribution in [0, 0.1) is 23.3 Å². The molecule has 0 radical (unpaired) electrons. The first-order valence-corrected chi connectivity index (χ1v) is 9.07. The van der Waals surface area contributed by atoms with Crippen molar-refractivity contribution in [3.05, 3.63) is 39.3 Å². The molecular formula is C16H12Cl2N4OS. The smallest absolute Gasteiger partial charge is 0.273 e. The average molecular weight is 379 g/mol. The summed E-state index contributed by atoms with van der Waals surface area (Å²) in [5, 5.41) is 15.0. The second-order valence-corrected chi connectivity index (χ2v) is 7.68. The van der Waals surface area contributed by atoms with E-state index in [9.17, 15) is 4.79 Å². The van der Waals surface area contributed by atoms with Crippen molar-refractivity contribution < 1.29 is 4.79 Å². The maximum absolute atomic E-state index is 12.6.